The average Bonchev–Trinajstić information content (AvgIpc) is 3.03. The highest BCUT2D eigenvalue weighted by Crippen LogP contribution is 2.36. The van der Waals surface area contributed by atoms with Crippen molar-refractivity contribution >= 4 is 0 Å². The van der Waals surface area contributed by atoms with Gasteiger partial charge in [-0.05, 0) is 26.8 Å². The minimum absolute atomic E-state index is 0.0826. The molecule has 26 heavy (non-hydrogen) atoms. The molecule has 0 saturated carbocycles. The number of hydrogen-bond donors (Lipinski definition) is 0. The zero-order chi connectivity index (χ0) is 18.1. The maximum atomic E-state index is 6.12. The monoisotopic (exact) mass is 357 g/mol. The molecular weight excluding hydrogens is 330 g/mol. The van der Waals surface area contributed by atoms with Gasteiger partial charge < -0.3 is 9.47 Å². The number of rotatable bonds is 5. The fraction of sp³-hybridized carbons (Fsp3) is 0.632. The first-order valence-electron chi connectivity index (χ1n) is 9.37. The predicted molar refractivity (Wildman–Crippen MR) is 97.0 cm³/mol. The first kappa shape index (κ1) is 17.4. The molecule has 2 aromatic heterocycles. The highest BCUT2D eigenvalue weighted by Gasteiger charge is 2.48. The van der Waals surface area contributed by atoms with Gasteiger partial charge in [0.1, 0.15) is 6.10 Å². The molecule has 140 valence electrons. The summed E-state index contributed by atoms with van der Waals surface area (Å²) in [6.45, 7) is 9.76. The van der Waals surface area contributed by atoms with Crippen LogP contribution >= 0.6 is 0 Å². The Morgan fingerprint density at radius 1 is 1.38 bits per heavy atom. The van der Waals surface area contributed by atoms with Gasteiger partial charge in [-0.1, -0.05) is 0 Å². The van der Waals surface area contributed by atoms with Crippen LogP contribution in [0.1, 0.15) is 44.0 Å². The Bertz CT molecular complexity index is 754. The smallest absolute Gasteiger partial charge is 0.316 e. The van der Waals surface area contributed by atoms with Gasteiger partial charge in [0.15, 0.2) is 0 Å². The lowest BCUT2D eigenvalue weighted by atomic mass is 9.84. The van der Waals surface area contributed by atoms with E-state index >= 15 is 0 Å². The van der Waals surface area contributed by atoms with Gasteiger partial charge in [0.2, 0.25) is 0 Å². The molecule has 2 fully saturated rings. The number of ether oxygens (including phenoxy) is 2. The van der Waals surface area contributed by atoms with Crippen molar-refractivity contribution in [2.24, 2.45) is 0 Å². The normalized spacial score (nSPS) is 22.5. The van der Waals surface area contributed by atoms with Crippen LogP contribution in [0, 0.1) is 6.92 Å². The maximum absolute atomic E-state index is 6.12. The van der Waals surface area contributed by atoms with E-state index in [9.17, 15) is 0 Å². The molecule has 0 unspecified atom stereocenters. The molecule has 4 heterocycles. The molecule has 4 rings (SSSR count). The van der Waals surface area contributed by atoms with E-state index in [4.69, 9.17) is 9.47 Å². The second kappa shape index (κ2) is 6.96. The zero-order valence-corrected chi connectivity index (χ0v) is 15.8. The summed E-state index contributed by atoms with van der Waals surface area (Å²) >= 11 is 0. The number of likely N-dealkylation sites (tertiary alicyclic amines) is 1. The van der Waals surface area contributed by atoms with Crippen LogP contribution in [0.15, 0.2) is 24.7 Å². The van der Waals surface area contributed by atoms with Crippen LogP contribution in [0.3, 0.4) is 0 Å². The second-order valence-corrected chi connectivity index (χ2v) is 7.81. The van der Waals surface area contributed by atoms with E-state index in [1.807, 2.05) is 23.9 Å². The summed E-state index contributed by atoms with van der Waals surface area (Å²) < 4.78 is 14.1. The fourth-order valence-electron chi connectivity index (χ4n) is 3.82. The topological polar surface area (TPSA) is 65.3 Å². The van der Waals surface area contributed by atoms with E-state index in [0.29, 0.717) is 12.1 Å². The summed E-state index contributed by atoms with van der Waals surface area (Å²) in [5.74, 6) is 0. The molecule has 2 aromatic rings. The Morgan fingerprint density at radius 3 is 2.96 bits per heavy atom. The number of aryl methyl sites for hydroxylation is 1. The van der Waals surface area contributed by atoms with E-state index in [1.54, 1.807) is 6.20 Å². The second-order valence-electron chi connectivity index (χ2n) is 7.81. The van der Waals surface area contributed by atoms with Crippen molar-refractivity contribution in [2.75, 3.05) is 19.7 Å². The third kappa shape index (κ3) is 3.73. The van der Waals surface area contributed by atoms with E-state index in [-0.39, 0.29) is 11.7 Å². The van der Waals surface area contributed by atoms with E-state index < -0.39 is 0 Å². The number of aromatic nitrogens is 4. The van der Waals surface area contributed by atoms with Crippen molar-refractivity contribution in [1.82, 2.24) is 24.6 Å². The molecular formula is C19H27N5O2. The molecule has 0 radical (unpaired) electrons. The van der Waals surface area contributed by atoms with Crippen LogP contribution in [0.25, 0.3) is 0 Å². The Hall–Kier alpha value is -1.99. The van der Waals surface area contributed by atoms with Crippen LogP contribution in [0.5, 0.6) is 6.01 Å². The van der Waals surface area contributed by atoms with Crippen molar-refractivity contribution in [3.05, 3.63) is 35.9 Å². The quantitative estimate of drug-likeness (QED) is 0.819. The van der Waals surface area contributed by atoms with E-state index in [0.717, 1.165) is 44.8 Å². The molecule has 2 aliphatic rings. The average molecular weight is 357 g/mol. The van der Waals surface area contributed by atoms with Crippen LogP contribution in [0.4, 0.5) is 0 Å². The third-order valence-electron chi connectivity index (χ3n) is 5.11. The molecule has 1 atom stereocenters. The van der Waals surface area contributed by atoms with Crippen molar-refractivity contribution in [3.8, 4) is 6.01 Å². The van der Waals surface area contributed by atoms with Gasteiger partial charge >= 0.3 is 6.01 Å². The summed E-state index contributed by atoms with van der Waals surface area (Å²) in [5.41, 5.74) is 2.10. The minimum atomic E-state index is -0.0826. The van der Waals surface area contributed by atoms with Crippen molar-refractivity contribution in [3.63, 3.8) is 0 Å². The summed E-state index contributed by atoms with van der Waals surface area (Å²) in [6, 6.07) is 2.75. The summed E-state index contributed by atoms with van der Waals surface area (Å²) in [5, 5.41) is 4.42. The first-order chi connectivity index (χ1) is 12.5. The molecule has 0 aliphatic carbocycles. The first-order valence-corrected chi connectivity index (χ1v) is 9.37. The van der Waals surface area contributed by atoms with E-state index in [2.05, 4.69) is 40.0 Å². The molecule has 0 aromatic carbocycles. The molecule has 1 spiro atoms. The van der Waals surface area contributed by atoms with Gasteiger partial charge in [-0.3, -0.25) is 9.58 Å². The van der Waals surface area contributed by atoms with Crippen LogP contribution in [-0.4, -0.2) is 56.0 Å². The molecule has 7 nitrogen and oxygen atoms in total. The van der Waals surface area contributed by atoms with Gasteiger partial charge in [-0.2, -0.15) is 5.10 Å². The lowest BCUT2D eigenvalue weighted by Gasteiger charge is -2.52. The fourth-order valence-corrected chi connectivity index (χ4v) is 3.82. The molecule has 0 amide bonds. The van der Waals surface area contributed by atoms with Gasteiger partial charge in [-0.15, -0.1) is 0 Å². The highest BCUT2D eigenvalue weighted by atomic mass is 16.5. The summed E-state index contributed by atoms with van der Waals surface area (Å²) in [6.07, 6.45) is 7.75. The van der Waals surface area contributed by atoms with E-state index in [1.165, 1.54) is 5.56 Å². The van der Waals surface area contributed by atoms with Crippen LogP contribution < -0.4 is 4.74 Å². The Labute approximate surface area is 154 Å². The highest BCUT2D eigenvalue weighted by molar-refractivity contribution is 5.09. The molecule has 0 N–H and O–H groups in total. The van der Waals surface area contributed by atoms with Crippen LogP contribution in [0.2, 0.25) is 0 Å². The van der Waals surface area contributed by atoms with Crippen molar-refractivity contribution < 1.29 is 9.47 Å². The van der Waals surface area contributed by atoms with Gasteiger partial charge in [0, 0.05) is 62.2 Å². The number of nitrogens with zero attached hydrogens (tertiary/aromatic N) is 5. The molecule has 7 heteroatoms. The predicted octanol–water partition coefficient (Wildman–Crippen LogP) is 2.37. The van der Waals surface area contributed by atoms with Crippen LogP contribution in [-0.2, 0) is 11.3 Å². The van der Waals surface area contributed by atoms with Gasteiger partial charge in [0.05, 0.1) is 18.4 Å². The standard InChI is InChI=1S/C19H27N5O2/c1-14(2)24-11-16(9-21-24)10-23-12-19(13-23)8-17(5-7-25-19)26-18-20-6-4-15(3)22-18/h4,6,9,11,14,17H,5,7-8,10,12-13H2,1-3H3/t17-/m1/s1. The van der Waals surface area contributed by atoms with Gasteiger partial charge in [0.25, 0.3) is 0 Å². The minimum Gasteiger partial charge on any atom is -0.460 e. The molecule has 2 aliphatic heterocycles. The Kier molecular flexibility index (Phi) is 4.67. The molecule has 2 saturated heterocycles. The summed E-state index contributed by atoms with van der Waals surface area (Å²) in [4.78, 5) is 11.0. The Morgan fingerprint density at radius 2 is 2.23 bits per heavy atom. The SMILES string of the molecule is Cc1ccnc(O[C@@H]2CCOC3(C2)CN(Cc2cnn(C(C)C)c2)C3)n1. The maximum Gasteiger partial charge on any atom is 0.316 e. The zero-order valence-electron chi connectivity index (χ0n) is 15.8. The Balaban J connectivity index is 1.31. The van der Waals surface area contributed by atoms with Crippen molar-refractivity contribution in [1.29, 1.82) is 0 Å². The van der Waals surface area contributed by atoms with Gasteiger partial charge in [-0.25, -0.2) is 9.97 Å². The lowest BCUT2D eigenvalue weighted by molar-refractivity contribution is -0.188. The largest absolute Gasteiger partial charge is 0.460 e. The molecule has 0 bridgehead atoms. The summed E-state index contributed by atoms with van der Waals surface area (Å²) in [7, 11) is 0. The number of hydrogen-bond acceptors (Lipinski definition) is 6. The third-order valence-corrected chi connectivity index (χ3v) is 5.11. The van der Waals surface area contributed by atoms with Crippen molar-refractivity contribution in [2.45, 2.75) is 57.9 Å². The lowest BCUT2D eigenvalue weighted by Crippen LogP contribution is -2.65.